The van der Waals surface area contributed by atoms with Crippen LogP contribution in [0.5, 0.6) is 0 Å². The van der Waals surface area contributed by atoms with Gasteiger partial charge in [-0.1, -0.05) is 76.1 Å². The van der Waals surface area contributed by atoms with E-state index in [1.165, 1.54) is 12.0 Å². The molecule has 0 saturated carbocycles. The van der Waals surface area contributed by atoms with Gasteiger partial charge in [-0.15, -0.1) is 6.58 Å². The van der Waals surface area contributed by atoms with Gasteiger partial charge in [0.15, 0.2) is 0 Å². The van der Waals surface area contributed by atoms with Gasteiger partial charge in [-0.25, -0.2) is 4.39 Å². The van der Waals surface area contributed by atoms with Gasteiger partial charge in [0.25, 0.3) is 0 Å². The second kappa shape index (κ2) is 11.1. The lowest BCUT2D eigenvalue weighted by Gasteiger charge is -2.19. The van der Waals surface area contributed by atoms with Crippen molar-refractivity contribution in [2.45, 2.75) is 71.6 Å². The quantitative estimate of drug-likeness (QED) is 0.351. The first-order chi connectivity index (χ1) is 13.1. The molecule has 0 aliphatic heterocycles. The Kier molecular flexibility index (Phi) is 8.78. The van der Waals surface area contributed by atoms with Gasteiger partial charge in [0.2, 0.25) is 0 Å². The fraction of sp³-hybridized carbons (Fsp3) is 0.462. The molecule has 2 aromatic carbocycles. The fourth-order valence-corrected chi connectivity index (χ4v) is 3.80. The summed E-state index contributed by atoms with van der Waals surface area (Å²) in [5.41, 5.74) is 4.27. The first-order valence-electron chi connectivity index (χ1n) is 10.6. The highest BCUT2D eigenvalue weighted by Gasteiger charge is 2.16. The van der Waals surface area contributed by atoms with Crippen molar-refractivity contribution in [1.29, 1.82) is 0 Å². The highest BCUT2D eigenvalue weighted by Crippen LogP contribution is 2.32. The summed E-state index contributed by atoms with van der Waals surface area (Å²) in [7, 11) is 0. The van der Waals surface area contributed by atoms with E-state index in [9.17, 15) is 4.39 Å². The molecule has 0 aliphatic rings. The Labute approximate surface area is 165 Å². The van der Waals surface area contributed by atoms with Crippen LogP contribution in [0.15, 0.2) is 55.1 Å². The molecule has 0 bridgehead atoms. The van der Waals surface area contributed by atoms with Crippen LogP contribution in [0, 0.1) is 11.7 Å². The highest BCUT2D eigenvalue weighted by atomic mass is 19.1. The van der Waals surface area contributed by atoms with Crippen molar-refractivity contribution in [1.82, 2.24) is 0 Å². The predicted molar refractivity (Wildman–Crippen MR) is 117 cm³/mol. The minimum absolute atomic E-state index is 0.0595. The summed E-state index contributed by atoms with van der Waals surface area (Å²) >= 11 is 0. The van der Waals surface area contributed by atoms with Gasteiger partial charge in [-0.2, -0.15) is 0 Å². The van der Waals surface area contributed by atoms with Gasteiger partial charge in [-0.05, 0) is 72.3 Å². The maximum absolute atomic E-state index is 14.9. The SMILES string of the molecule is C=CCCC(C)CCC(CC)c1ccc(-c2ccc(CCC)cc2)cc1F. The molecule has 0 aromatic heterocycles. The Morgan fingerprint density at radius 2 is 1.67 bits per heavy atom. The van der Waals surface area contributed by atoms with Crippen LogP contribution >= 0.6 is 0 Å². The molecule has 0 nitrogen and oxygen atoms in total. The lowest BCUT2D eigenvalue weighted by Crippen LogP contribution is -2.04. The van der Waals surface area contributed by atoms with Crippen molar-refractivity contribution in [3.05, 3.63) is 72.1 Å². The summed E-state index contributed by atoms with van der Waals surface area (Å²) in [4.78, 5) is 0. The van der Waals surface area contributed by atoms with Crippen molar-refractivity contribution >= 4 is 0 Å². The van der Waals surface area contributed by atoms with Gasteiger partial charge < -0.3 is 0 Å². The van der Waals surface area contributed by atoms with Gasteiger partial charge in [0.1, 0.15) is 5.82 Å². The van der Waals surface area contributed by atoms with Crippen molar-refractivity contribution in [2.75, 3.05) is 0 Å². The van der Waals surface area contributed by atoms with Crippen LogP contribution in [-0.2, 0) is 6.42 Å². The number of rotatable bonds is 11. The third-order valence-electron chi connectivity index (χ3n) is 5.63. The minimum atomic E-state index is -0.0595. The molecule has 1 heteroatoms. The highest BCUT2D eigenvalue weighted by molar-refractivity contribution is 5.64. The predicted octanol–water partition coefficient (Wildman–Crippen LogP) is 8.32. The average molecular weight is 367 g/mol. The Morgan fingerprint density at radius 1 is 0.963 bits per heavy atom. The first kappa shape index (κ1) is 21.4. The Bertz CT molecular complexity index is 699. The smallest absolute Gasteiger partial charge is 0.127 e. The van der Waals surface area contributed by atoms with Gasteiger partial charge in [0, 0.05) is 0 Å². The van der Waals surface area contributed by atoms with Gasteiger partial charge in [0.05, 0.1) is 0 Å². The molecule has 146 valence electrons. The summed E-state index contributed by atoms with van der Waals surface area (Å²) < 4.78 is 14.9. The van der Waals surface area contributed by atoms with E-state index in [1.807, 2.05) is 12.1 Å². The number of halogens is 1. The molecule has 2 unspecified atom stereocenters. The molecule has 0 N–H and O–H groups in total. The summed E-state index contributed by atoms with van der Waals surface area (Å²) in [5.74, 6) is 0.911. The molecule has 27 heavy (non-hydrogen) atoms. The third-order valence-corrected chi connectivity index (χ3v) is 5.63. The van der Waals surface area contributed by atoms with Crippen molar-refractivity contribution in [3.63, 3.8) is 0 Å². The number of hydrogen-bond donors (Lipinski definition) is 0. The van der Waals surface area contributed by atoms with E-state index in [0.29, 0.717) is 11.8 Å². The Morgan fingerprint density at radius 3 is 2.26 bits per heavy atom. The lowest BCUT2D eigenvalue weighted by atomic mass is 9.86. The summed E-state index contributed by atoms with van der Waals surface area (Å²) in [6, 6.07) is 14.3. The minimum Gasteiger partial charge on any atom is -0.207 e. The molecular weight excluding hydrogens is 331 g/mol. The summed E-state index contributed by atoms with van der Waals surface area (Å²) in [6.45, 7) is 10.4. The zero-order valence-electron chi connectivity index (χ0n) is 17.3. The van der Waals surface area contributed by atoms with Gasteiger partial charge in [-0.3, -0.25) is 0 Å². The maximum Gasteiger partial charge on any atom is 0.127 e. The zero-order valence-corrected chi connectivity index (χ0v) is 17.3. The molecule has 0 fully saturated rings. The number of allylic oxidation sites excluding steroid dienone is 1. The van der Waals surface area contributed by atoms with E-state index in [2.05, 4.69) is 57.7 Å². The van der Waals surface area contributed by atoms with E-state index in [-0.39, 0.29) is 5.82 Å². The normalized spacial score (nSPS) is 13.3. The summed E-state index contributed by atoms with van der Waals surface area (Å²) in [6.07, 6.45) is 9.65. The molecule has 2 aromatic rings. The maximum atomic E-state index is 14.9. The lowest BCUT2D eigenvalue weighted by molar-refractivity contribution is 0.435. The second-order valence-electron chi connectivity index (χ2n) is 7.84. The van der Waals surface area contributed by atoms with Crippen LogP contribution in [0.25, 0.3) is 11.1 Å². The van der Waals surface area contributed by atoms with Crippen LogP contribution in [-0.4, -0.2) is 0 Å². The molecule has 2 atom stereocenters. The number of benzene rings is 2. The standard InChI is InChI=1S/C26H35F/c1-5-8-10-20(4)11-14-22(7-3)25-18-17-24(19-26(25)27)23-15-12-21(9-6-2)13-16-23/h5,12-13,15-20,22H,1,6-11,14H2,2-4H3. The topological polar surface area (TPSA) is 0 Å². The van der Waals surface area contributed by atoms with Crippen LogP contribution in [0.3, 0.4) is 0 Å². The Hall–Kier alpha value is -1.89. The number of hydrogen-bond acceptors (Lipinski definition) is 0. The monoisotopic (exact) mass is 366 g/mol. The van der Waals surface area contributed by atoms with Crippen molar-refractivity contribution in [3.8, 4) is 11.1 Å². The van der Waals surface area contributed by atoms with Crippen LogP contribution in [0.2, 0.25) is 0 Å². The molecule has 0 radical (unpaired) electrons. The first-order valence-corrected chi connectivity index (χ1v) is 10.6. The van der Waals surface area contributed by atoms with Crippen LogP contribution in [0.4, 0.5) is 4.39 Å². The van der Waals surface area contributed by atoms with Gasteiger partial charge >= 0.3 is 0 Å². The third kappa shape index (κ3) is 6.34. The average Bonchev–Trinajstić information content (AvgIpc) is 2.68. The Balaban J connectivity index is 2.08. The van der Waals surface area contributed by atoms with E-state index < -0.39 is 0 Å². The molecule has 0 amide bonds. The van der Waals surface area contributed by atoms with Crippen molar-refractivity contribution in [2.24, 2.45) is 5.92 Å². The van der Waals surface area contributed by atoms with Crippen LogP contribution < -0.4 is 0 Å². The second-order valence-corrected chi connectivity index (χ2v) is 7.84. The van der Waals surface area contributed by atoms with Crippen molar-refractivity contribution < 1.29 is 4.39 Å². The van der Waals surface area contributed by atoms with E-state index >= 15 is 0 Å². The molecule has 0 saturated heterocycles. The largest absolute Gasteiger partial charge is 0.207 e. The summed E-state index contributed by atoms with van der Waals surface area (Å²) in [5, 5.41) is 0. The van der Waals surface area contributed by atoms with Crippen LogP contribution in [0.1, 0.15) is 76.3 Å². The van der Waals surface area contributed by atoms with E-state index in [4.69, 9.17) is 0 Å². The molecule has 2 rings (SSSR count). The fourth-order valence-electron chi connectivity index (χ4n) is 3.80. The zero-order chi connectivity index (χ0) is 19.6. The van der Waals surface area contributed by atoms with E-state index in [0.717, 1.165) is 55.2 Å². The molecule has 0 aliphatic carbocycles. The molecular formula is C26H35F. The number of aryl methyl sites for hydroxylation is 1. The molecule has 0 heterocycles. The van der Waals surface area contributed by atoms with E-state index in [1.54, 1.807) is 6.07 Å². The molecule has 0 spiro atoms.